The molecule has 3 nitrogen and oxygen atoms in total. The first-order chi connectivity index (χ1) is 10.6. The van der Waals surface area contributed by atoms with Crippen LogP contribution < -0.4 is 0 Å². The summed E-state index contributed by atoms with van der Waals surface area (Å²) in [6, 6.07) is 6.92. The van der Waals surface area contributed by atoms with E-state index in [0.717, 1.165) is 44.1 Å². The molecular weight excluding hydrogens is 274 g/mol. The smallest absolute Gasteiger partial charge is 0.253 e. The van der Waals surface area contributed by atoms with Gasteiger partial charge in [-0.05, 0) is 36.8 Å². The maximum absolute atomic E-state index is 12.4. The number of amides is 1. The number of carbonyl (C=O) groups is 2. The van der Waals surface area contributed by atoms with Crippen LogP contribution in [0.2, 0.25) is 0 Å². The lowest BCUT2D eigenvalue weighted by molar-refractivity contribution is 0.0685. The van der Waals surface area contributed by atoms with Gasteiger partial charge >= 0.3 is 0 Å². The fraction of sp³-hybridized carbons (Fsp3) is 0.579. The lowest BCUT2D eigenvalue weighted by Gasteiger charge is -2.32. The summed E-state index contributed by atoms with van der Waals surface area (Å²) in [5.41, 5.74) is 1.30. The highest BCUT2D eigenvalue weighted by molar-refractivity contribution is 5.94. The average Bonchev–Trinajstić information content (AvgIpc) is 2.54. The molecule has 1 aliphatic rings. The van der Waals surface area contributed by atoms with Crippen LogP contribution in [-0.4, -0.2) is 30.2 Å². The molecule has 0 spiro atoms. The Bertz CT molecular complexity index is 485. The Morgan fingerprint density at radius 2 is 1.86 bits per heavy atom. The molecule has 120 valence electrons. The maximum Gasteiger partial charge on any atom is 0.253 e. The van der Waals surface area contributed by atoms with Gasteiger partial charge < -0.3 is 4.90 Å². The van der Waals surface area contributed by atoms with Crippen LogP contribution in [0, 0.1) is 11.8 Å². The summed E-state index contributed by atoms with van der Waals surface area (Å²) in [6.07, 6.45) is 6.96. The standard InChI is InChI=1S/C19H27NO2/c1-15(2)4-3-5-16-10-12-20(13-11-16)19(22)18-8-6-17(14-21)7-9-18/h6-9,14-16H,3-5,10-13H2,1-2H3. The molecule has 0 unspecified atom stereocenters. The molecule has 1 fully saturated rings. The molecule has 0 saturated carbocycles. The molecule has 0 aliphatic carbocycles. The van der Waals surface area contributed by atoms with Crippen molar-refractivity contribution in [3.05, 3.63) is 35.4 Å². The van der Waals surface area contributed by atoms with Gasteiger partial charge in [0.15, 0.2) is 0 Å². The minimum atomic E-state index is 0.0954. The van der Waals surface area contributed by atoms with Gasteiger partial charge in [-0.3, -0.25) is 9.59 Å². The second kappa shape index (κ2) is 8.11. The maximum atomic E-state index is 12.4. The number of likely N-dealkylation sites (tertiary alicyclic amines) is 1. The fourth-order valence-electron chi connectivity index (χ4n) is 3.13. The lowest BCUT2D eigenvalue weighted by atomic mass is 9.90. The third-order valence-corrected chi connectivity index (χ3v) is 4.59. The number of piperidine rings is 1. The van der Waals surface area contributed by atoms with Crippen molar-refractivity contribution in [2.45, 2.75) is 46.0 Å². The van der Waals surface area contributed by atoms with Gasteiger partial charge in [0.25, 0.3) is 5.91 Å². The SMILES string of the molecule is CC(C)CCCC1CCN(C(=O)c2ccc(C=O)cc2)CC1. The van der Waals surface area contributed by atoms with E-state index in [1.165, 1.54) is 19.3 Å². The number of hydrogen-bond acceptors (Lipinski definition) is 2. The molecule has 0 aromatic heterocycles. The van der Waals surface area contributed by atoms with Crippen LogP contribution >= 0.6 is 0 Å². The molecule has 3 heteroatoms. The van der Waals surface area contributed by atoms with E-state index in [0.29, 0.717) is 11.1 Å². The Labute approximate surface area is 133 Å². The number of carbonyl (C=O) groups excluding carboxylic acids is 2. The van der Waals surface area contributed by atoms with E-state index in [1.807, 2.05) is 4.90 Å². The number of nitrogens with zero attached hydrogens (tertiary/aromatic N) is 1. The molecule has 0 radical (unpaired) electrons. The zero-order chi connectivity index (χ0) is 15.9. The van der Waals surface area contributed by atoms with Crippen molar-refractivity contribution in [1.82, 2.24) is 4.90 Å². The van der Waals surface area contributed by atoms with Crippen molar-refractivity contribution >= 4 is 12.2 Å². The van der Waals surface area contributed by atoms with E-state index in [4.69, 9.17) is 0 Å². The van der Waals surface area contributed by atoms with E-state index in [-0.39, 0.29) is 5.91 Å². The van der Waals surface area contributed by atoms with Crippen LogP contribution in [0.4, 0.5) is 0 Å². The minimum Gasteiger partial charge on any atom is -0.339 e. The molecule has 1 aromatic rings. The summed E-state index contributed by atoms with van der Waals surface area (Å²) in [7, 11) is 0. The Balaban J connectivity index is 1.80. The molecule has 0 bridgehead atoms. The normalized spacial score (nSPS) is 16.0. The molecule has 1 heterocycles. The van der Waals surface area contributed by atoms with E-state index in [2.05, 4.69) is 13.8 Å². The molecular formula is C19H27NO2. The van der Waals surface area contributed by atoms with Gasteiger partial charge in [-0.15, -0.1) is 0 Å². The van der Waals surface area contributed by atoms with Crippen LogP contribution in [0.5, 0.6) is 0 Å². The minimum absolute atomic E-state index is 0.0954. The zero-order valence-corrected chi connectivity index (χ0v) is 13.8. The molecule has 0 N–H and O–H groups in total. The summed E-state index contributed by atoms with van der Waals surface area (Å²) >= 11 is 0. The van der Waals surface area contributed by atoms with Crippen LogP contribution in [0.3, 0.4) is 0 Å². The third kappa shape index (κ3) is 4.69. The number of aldehydes is 1. The lowest BCUT2D eigenvalue weighted by Crippen LogP contribution is -2.38. The summed E-state index contributed by atoms with van der Waals surface area (Å²) in [6.45, 7) is 6.27. The quantitative estimate of drug-likeness (QED) is 0.739. The van der Waals surface area contributed by atoms with E-state index < -0.39 is 0 Å². The first-order valence-corrected chi connectivity index (χ1v) is 8.44. The highest BCUT2D eigenvalue weighted by Gasteiger charge is 2.23. The first kappa shape index (κ1) is 16.7. The van der Waals surface area contributed by atoms with E-state index in [1.54, 1.807) is 24.3 Å². The highest BCUT2D eigenvalue weighted by Crippen LogP contribution is 2.24. The monoisotopic (exact) mass is 301 g/mol. The van der Waals surface area contributed by atoms with Crippen molar-refractivity contribution in [3.8, 4) is 0 Å². The van der Waals surface area contributed by atoms with Gasteiger partial charge in [0.05, 0.1) is 0 Å². The van der Waals surface area contributed by atoms with Gasteiger partial charge in [-0.2, -0.15) is 0 Å². The molecule has 22 heavy (non-hydrogen) atoms. The van der Waals surface area contributed by atoms with Gasteiger partial charge in [0, 0.05) is 24.2 Å². The molecule has 1 saturated heterocycles. The van der Waals surface area contributed by atoms with Crippen molar-refractivity contribution in [2.24, 2.45) is 11.8 Å². The first-order valence-electron chi connectivity index (χ1n) is 8.44. The summed E-state index contributed by atoms with van der Waals surface area (Å²) < 4.78 is 0. The Kier molecular flexibility index (Phi) is 6.17. The second-order valence-electron chi connectivity index (χ2n) is 6.80. The van der Waals surface area contributed by atoms with E-state index in [9.17, 15) is 9.59 Å². The fourth-order valence-corrected chi connectivity index (χ4v) is 3.13. The van der Waals surface area contributed by atoms with Crippen molar-refractivity contribution in [2.75, 3.05) is 13.1 Å². The predicted octanol–water partition coefficient (Wildman–Crippen LogP) is 4.18. The van der Waals surface area contributed by atoms with Gasteiger partial charge in [0.2, 0.25) is 0 Å². The molecule has 1 aliphatic heterocycles. The molecule has 1 aromatic carbocycles. The Morgan fingerprint density at radius 3 is 2.41 bits per heavy atom. The largest absolute Gasteiger partial charge is 0.339 e. The van der Waals surface area contributed by atoms with Crippen LogP contribution in [-0.2, 0) is 0 Å². The van der Waals surface area contributed by atoms with Crippen LogP contribution in [0.15, 0.2) is 24.3 Å². The topological polar surface area (TPSA) is 37.4 Å². The Hall–Kier alpha value is -1.64. The van der Waals surface area contributed by atoms with Gasteiger partial charge in [-0.25, -0.2) is 0 Å². The summed E-state index contributed by atoms with van der Waals surface area (Å²) in [4.78, 5) is 25.1. The molecule has 0 atom stereocenters. The van der Waals surface area contributed by atoms with Crippen molar-refractivity contribution in [3.63, 3.8) is 0 Å². The summed E-state index contributed by atoms with van der Waals surface area (Å²) in [5.74, 6) is 1.66. The highest BCUT2D eigenvalue weighted by atomic mass is 16.2. The summed E-state index contributed by atoms with van der Waals surface area (Å²) in [5, 5.41) is 0. The number of hydrogen-bond donors (Lipinski definition) is 0. The zero-order valence-electron chi connectivity index (χ0n) is 13.8. The van der Waals surface area contributed by atoms with Crippen LogP contribution in [0.25, 0.3) is 0 Å². The van der Waals surface area contributed by atoms with Crippen molar-refractivity contribution in [1.29, 1.82) is 0 Å². The van der Waals surface area contributed by atoms with Gasteiger partial charge in [0.1, 0.15) is 6.29 Å². The second-order valence-corrected chi connectivity index (χ2v) is 6.80. The molecule has 1 amide bonds. The Morgan fingerprint density at radius 1 is 1.23 bits per heavy atom. The number of benzene rings is 1. The average molecular weight is 301 g/mol. The van der Waals surface area contributed by atoms with Crippen LogP contribution in [0.1, 0.15) is 66.7 Å². The predicted molar refractivity (Wildman–Crippen MR) is 89.1 cm³/mol. The third-order valence-electron chi connectivity index (χ3n) is 4.59. The number of rotatable bonds is 6. The van der Waals surface area contributed by atoms with E-state index >= 15 is 0 Å². The van der Waals surface area contributed by atoms with Crippen molar-refractivity contribution < 1.29 is 9.59 Å². The molecule has 2 rings (SSSR count). The van der Waals surface area contributed by atoms with Gasteiger partial charge in [-0.1, -0.05) is 45.2 Å².